The molecule has 1 saturated heterocycles. The van der Waals surface area contributed by atoms with Crippen LogP contribution in [0.1, 0.15) is 19.8 Å². The predicted molar refractivity (Wildman–Crippen MR) is 63.0 cm³/mol. The highest BCUT2D eigenvalue weighted by Gasteiger charge is 2.22. The Bertz CT molecular complexity index is 260. The SMILES string of the molecule is CCC(O)CCNC(=O)CN1CSCC1=O. The van der Waals surface area contributed by atoms with Gasteiger partial charge in [-0.2, -0.15) is 0 Å². The van der Waals surface area contributed by atoms with Gasteiger partial charge in [-0.05, 0) is 12.8 Å². The molecule has 5 nitrogen and oxygen atoms in total. The maximum atomic E-state index is 11.4. The number of amides is 2. The fraction of sp³-hybridized carbons (Fsp3) is 0.800. The number of thioether (sulfide) groups is 1. The summed E-state index contributed by atoms with van der Waals surface area (Å²) >= 11 is 1.52. The molecule has 1 atom stereocenters. The van der Waals surface area contributed by atoms with Crippen LogP contribution >= 0.6 is 11.8 Å². The predicted octanol–water partition coefficient (Wildman–Crippen LogP) is -0.203. The highest BCUT2D eigenvalue weighted by Crippen LogP contribution is 2.13. The minimum atomic E-state index is -0.357. The Labute approximate surface area is 99.6 Å². The average Bonchev–Trinajstić information content (AvgIpc) is 2.64. The molecule has 1 rings (SSSR count). The molecule has 0 aromatic heterocycles. The number of aliphatic hydroxyl groups excluding tert-OH is 1. The van der Waals surface area contributed by atoms with Gasteiger partial charge in [-0.25, -0.2) is 0 Å². The van der Waals surface area contributed by atoms with Crippen molar-refractivity contribution in [3.63, 3.8) is 0 Å². The molecule has 0 aliphatic carbocycles. The molecule has 1 heterocycles. The molecule has 1 unspecified atom stereocenters. The van der Waals surface area contributed by atoms with Crippen LogP contribution in [-0.2, 0) is 9.59 Å². The molecule has 0 saturated carbocycles. The van der Waals surface area contributed by atoms with Crippen molar-refractivity contribution in [3.8, 4) is 0 Å². The molecule has 2 amide bonds. The molecule has 92 valence electrons. The first kappa shape index (κ1) is 13.3. The molecule has 1 fully saturated rings. The minimum Gasteiger partial charge on any atom is -0.393 e. The molecule has 0 bridgehead atoms. The lowest BCUT2D eigenvalue weighted by atomic mass is 10.2. The maximum Gasteiger partial charge on any atom is 0.239 e. The Morgan fingerprint density at radius 1 is 1.69 bits per heavy atom. The fourth-order valence-electron chi connectivity index (χ4n) is 1.35. The molecule has 6 heteroatoms. The standard InChI is InChI=1S/C10H18N2O3S/c1-2-8(13)3-4-11-9(14)5-12-7-16-6-10(12)15/h8,13H,2-7H2,1H3,(H,11,14). The number of aliphatic hydroxyl groups is 1. The Kier molecular flexibility index (Phi) is 5.62. The summed E-state index contributed by atoms with van der Waals surface area (Å²) in [6, 6.07) is 0. The number of nitrogens with zero attached hydrogens (tertiary/aromatic N) is 1. The molecule has 0 aromatic carbocycles. The third kappa shape index (κ3) is 4.40. The van der Waals surface area contributed by atoms with Crippen molar-refractivity contribution in [2.24, 2.45) is 0 Å². The number of nitrogens with one attached hydrogen (secondary N) is 1. The van der Waals surface area contributed by atoms with Crippen molar-refractivity contribution in [3.05, 3.63) is 0 Å². The normalized spacial score (nSPS) is 17.6. The Balaban J connectivity index is 2.13. The third-order valence-corrected chi connectivity index (χ3v) is 3.38. The molecule has 0 radical (unpaired) electrons. The van der Waals surface area contributed by atoms with Crippen molar-refractivity contribution >= 4 is 23.6 Å². The van der Waals surface area contributed by atoms with Gasteiger partial charge in [0.2, 0.25) is 11.8 Å². The molecule has 16 heavy (non-hydrogen) atoms. The van der Waals surface area contributed by atoms with E-state index in [2.05, 4.69) is 5.32 Å². The second-order valence-electron chi connectivity index (χ2n) is 3.77. The van der Waals surface area contributed by atoms with Crippen LogP contribution in [-0.4, -0.2) is 52.6 Å². The van der Waals surface area contributed by atoms with Gasteiger partial charge in [0.25, 0.3) is 0 Å². The largest absolute Gasteiger partial charge is 0.393 e. The Hall–Kier alpha value is -0.750. The maximum absolute atomic E-state index is 11.4. The topological polar surface area (TPSA) is 69.6 Å². The summed E-state index contributed by atoms with van der Waals surface area (Å²) in [7, 11) is 0. The summed E-state index contributed by atoms with van der Waals surface area (Å²) in [5.41, 5.74) is 0. The number of hydrogen-bond donors (Lipinski definition) is 2. The smallest absolute Gasteiger partial charge is 0.239 e. The highest BCUT2D eigenvalue weighted by atomic mass is 32.2. The molecule has 0 aromatic rings. The van der Waals surface area contributed by atoms with E-state index in [0.717, 1.165) is 0 Å². The third-order valence-electron chi connectivity index (χ3n) is 2.43. The number of carbonyl (C=O) groups is 2. The first-order valence-corrected chi connectivity index (χ1v) is 6.59. The van der Waals surface area contributed by atoms with Crippen LogP contribution in [0, 0.1) is 0 Å². The number of hydrogen-bond acceptors (Lipinski definition) is 4. The molecule has 1 aliphatic rings. The first-order chi connectivity index (χ1) is 7.63. The van der Waals surface area contributed by atoms with Crippen LogP contribution in [0.5, 0.6) is 0 Å². The lowest BCUT2D eigenvalue weighted by molar-refractivity contribution is -0.132. The van der Waals surface area contributed by atoms with E-state index < -0.39 is 0 Å². The van der Waals surface area contributed by atoms with Crippen LogP contribution in [0.15, 0.2) is 0 Å². The van der Waals surface area contributed by atoms with Gasteiger partial charge < -0.3 is 15.3 Å². The van der Waals surface area contributed by atoms with Crippen LogP contribution in [0.25, 0.3) is 0 Å². The van der Waals surface area contributed by atoms with E-state index in [1.54, 1.807) is 0 Å². The van der Waals surface area contributed by atoms with E-state index >= 15 is 0 Å². The lowest BCUT2D eigenvalue weighted by Crippen LogP contribution is -2.39. The van der Waals surface area contributed by atoms with E-state index in [-0.39, 0.29) is 24.5 Å². The van der Waals surface area contributed by atoms with Crippen molar-refractivity contribution < 1.29 is 14.7 Å². The van der Waals surface area contributed by atoms with Crippen LogP contribution in [0.2, 0.25) is 0 Å². The summed E-state index contributed by atoms with van der Waals surface area (Å²) in [6.07, 6.45) is 0.895. The zero-order valence-corrected chi connectivity index (χ0v) is 10.3. The molecular formula is C10H18N2O3S. The van der Waals surface area contributed by atoms with Gasteiger partial charge in [-0.1, -0.05) is 6.92 Å². The second kappa shape index (κ2) is 6.75. The van der Waals surface area contributed by atoms with E-state index in [0.29, 0.717) is 31.0 Å². The van der Waals surface area contributed by atoms with Gasteiger partial charge in [-0.15, -0.1) is 11.8 Å². The van der Waals surface area contributed by atoms with Gasteiger partial charge in [0.15, 0.2) is 0 Å². The van der Waals surface area contributed by atoms with E-state index in [9.17, 15) is 14.7 Å². The molecule has 1 aliphatic heterocycles. The quantitative estimate of drug-likeness (QED) is 0.681. The molecule has 2 N–H and O–H groups in total. The summed E-state index contributed by atoms with van der Waals surface area (Å²) in [5, 5.41) is 12.0. The van der Waals surface area contributed by atoms with Gasteiger partial charge >= 0.3 is 0 Å². The first-order valence-electron chi connectivity index (χ1n) is 5.43. The summed E-state index contributed by atoms with van der Waals surface area (Å²) in [4.78, 5) is 24.2. The van der Waals surface area contributed by atoms with Gasteiger partial charge in [0.05, 0.1) is 17.7 Å². The van der Waals surface area contributed by atoms with Crippen molar-refractivity contribution in [1.29, 1.82) is 0 Å². The van der Waals surface area contributed by atoms with Crippen molar-refractivity contribution in [2.75, 3.05) is 24.7 Å². The second-order valence-corrected chi connectivity index (χ2v) is 4.73. The molecule has 0 spiro atoms. The highest BCUT2D eigenvalue weighted by molar-refractivity contribution is 8.00. The number of carbonyl (C=O) groups excluding carboxylic acids is 2. The fourth-order valence-corrected chi connectivity index (χ4v) is 2.26. The van der Waals surface area contributed by atoms with E-state index in [1.165, 1.54) is 16.7 Å². The number of rotatable bonds is 6. The molecular weight excluding hydrogens is 228 g/mol. The van der Waals surface area contributed by atoms with Gasteiger partial charge in [-0.3, -0.25) is 9.59 Å². The average molecular weight is 246 g/mol. The summed E-state index contributed by atoms with van der Waals surface area (Å²) in [5.74, 6) is 0.943. The van der Waals surface area contributed by atoms with Crippen LogP contribution in [0.3, 0.4) is 0 Å². The zero-order chi connectivity index (χ0) is 12.0. The lowest BCUT2D eigenvalue weighted by Gasteiger charge is -2.14. The minimum absolute atomic E-state index is 0.0220. The summed E-state index contributed by atoms with van der Waals surface area (Å²) in [6.45, 7) is 2.49. The van der Waals surface area contributed by atoms with Crippen LogP contribution < -0.4 is 5.32 Å². The van der Waals surface area contributed by atoms with Crippen molar-refractivity contribution in [1.82, 2.24) is 10.2 Å². The Morgan fingerprint density at radius 2 is 2.44 bits per heavy atom. The van der Waals surface area contributed by atoms with Crippen LogP contribution in [0.4, 0.5) is 0 Å². The zero-order valence-electron chi connectivity index (χ0n) is 9.44. The summed E-state index contributed by atoms with van der Waals surface area (Å²) < 4.78 is 0. The van der Waals surface area contributed by atoms with E-state index in [1.807, 2.05) is 6.92 Å². The van der Waals surface area contributed by atoms with Gasteiger partial charge in [0, 0.05) is 6.54 Å². The van der Waals surface area contributed by atoms with E-state index in [4.69, 9.17) is 0 Å². The van der Waals surface area contributed by atoms with Crippen molar-refractivity contribution in [2.45, 2.75) is 25.9 Å². The Morgan fingerprint density at radius 3 is 3.00 bits per heavy atom. The monoisotopic (exact) mass is 246 g/mol. The van der Waals surface area contributed by atoms with Gasteiger partial charge in [0.1, 0.15) is 6.54 Å².